The number of hydrogen-bond donors (Lipinski definition) is 2. The first-order chi connectivity index (χ1) is 13.3. The summed E-state index contributed by atoms with van der Waals surface area (Å²) in [6.07, 6.45) is 1.27. The number of imide groups is 1. The number of halogens is 2. The molecule has 0 atom stereocenters. The molecule has 9 heteroatoms. The first-order valence-corrected chi connectivity index (χ1v) is 8.60. The second kappa shape index (κ2) is 9.53. The van der Waals surface area contributed by atoms with Gasteiger partial charge in [-0.1, -0.05) is 12.1 Å². The van der Waals surface area contributed by atoms with Crippen molar-refractivity contribution >= 4 is 33.9 Å². The number of rotatable bonds is 6. The maximum absolute atomic E-state index is 13.3. The van der Waals surface area contributed by atoms with E-state index in [4.69, 9.17) is 20.5 Å². The number of carbonyl (C=O) groups excluding carboxylic acids is 2. The summed E-state index contributed by atoms with van der Waals surface area (Å²) in [5.74, 6) is -0.601. The predicted octanol–water partition coefficient (Wildman–Crippen LogP) is 3.28. The Morgan fingerprint density at radius 1 is 1.36 bits per heavy atom. The average molecular weight is 448 g/mol. The number of carbonyl (C=O) groups is 2. The molecule has 0 radical (unpaired) electrons. The van der Waals surface area contributed by atoms with Gasteiger partial charge in [0.25, 0.3) is 5.91 Å². The number of methoxy groups -OCH3 is 1. The van der Waals surface area contributed by atoms with Crippen molar-refractivity contribution in [3.05, 3.63) is 63.4 Å². The van der Waals surface area contributed by atoms with E-state index in [2.05, 4.69) is 15.9 Å². The van der Waals surface area contributed by atoms with Crippen LogP contribution < -0.4 is 20.5 Å². The summed E-state index contributed by atoms with van der Waals surface area (Å²) < 4.78 is 24.8. The van der Waals surface area contributed by atoms with Gasteiger partial charge in [0.1, 0.15) is 24.1 Å². The van der Waals surface area contributed by atoms with Crippen molar-refractivity contribution in [2.45, 2.75) is 6.61 Å². The van der Waals surface area contributed by atoms with Crippen LogP contribution >= 0.6 is 15.9 Å². The lowest BCUT2D eigenvalue weighted by atomic mass is 10.1. The van der Waals surface area contributed by atoms with Crippen molar-refractivity contribution in [3.63, 3.8) is 0 Å². The Morgan fingerprint density at radius 3 is 2.71 bits per heavy atom. The summed E-state index contributed by atoms with van der Waals surface area (Å²) in [4.78, 5) is 22.6. The maximum Gasteiger partial charge on any atom is 0.319 e. The van der Waals surface area contributed by atoms with Crippen LogP contribution in [0.25, 0.3) is 6.08 Å². The van der Waals surface area contributed by atoms with Crippen LogP contribution in [0.2, 0.25) is 0 Å². The fraction of sp³-hybridized carbons (Fsp3) is 0.105. The van der Waals surface area contributed by atoms with Gasteiger partial charge in [-0.3, -0.25) is 10.1 Å². The normalized spacial score (nSPS) is 10.7. The van der Waals surface area contributed by atoms with Crippen LogP contribution in [-0.4, -0.2) is 19.0 Å². The molecule has 0 saturated carbocycles. The summed E-state index contributed by atoms with van der Waals surface area (Å²) in [6.45, 7) is 0.104. The number of nitrogens with one attached hydrogen (secondary N) is 1. The Hall–Kier alpha value is -3.38. The van der Waals surface area contributed by atoms with Crippen molar-refractivity contribution in [2.24, 2.45) is 5.73 Å². The second-order valence-corrected chi connectivity index (χ2v) is 6.30. The molecule has 144 valence electrons. The van der Waals surface area contributed by atoms with Crippen molar-refractivity contribution in [3.8, 4) is 17.6 Å². The lowest BCUT2D eigenvalue weighted by Crippen LogP contribution is -2.35. The van der Waals surface area contributed by atoms with Gasteiger partial charge in [0, 0.05) is 0 Å². The molecular weight excluding hydrogens is 433 g/mol. The number of primary amides is 1. The van der Waals surface area contributed by atoms with Crippen LogP contribution in [-0.2, 0) is 11.4 Å². The molecule has 0 aliphatic heterocycles. The smallest absolute Gasteiger partial charge is 0.319 e. The molecule has 0 bridgehead atoms. The zero-order valence-corrected chi connectivity index (χ0v) is 16.2. The van der Waals surface area contributed by atoms with E-state index in [1.807, 2.05) is 5.32 Å². The molecule has 0 aromatic heterocycles. The molecule has 0 heterocycles. The fourth-order valence-corrected chi connectivity index (χ4v) is 2.81. The Balaban J connectivity index is 2.29. The zero-order chi connectivity index (χ0) is 20.7. The van der Waals surface area contributed by atoms with Crippen molar-refractivity contribution in [1.82, 2.24) is 5.32 Å². The van der Waals surface area contributed by atoms with E-state index < -0.39 is 11.9 Å². The van der Waals surface area contributed by atoms with E-state index in [-0.39, 0.29) is 18.0 Å². The van der Waals surface area contributed by atoms with Crippen LogP contribution in [0, 0.1) is 17.1 Å². The monoisotopic (exact) mass is 447 g/mol. The minimum atomic E-state index is -1.06. The first-order valence-electron chi connectivity index (χ1n) is 7.81. The minimum Gasteiger partial charge on any atom is -0.493 e. The fourth-order valence-electron chi connectivity index (χ4n) is 2.24. The third-order valence-electron chi connectivity index (χ3n) is 3.44. The molecule has 3 amide bonds. The molecule has 0 aliphatic carbocycles. The summed E-state index contributed by atoms with van der Waals surface area (Å²) in [5.41, 5.74) is 5.64. The number of urea groups is 1. The highest BCUT2D eigenvalue weighted by atomic mass is 79.9. The van der Waals surface area contributed by atoms with E-state index in [1.165, 1.54) is 25.3 Å². The molecule has 0 unspecified atom stereocenters. The highest BCUT2D eigenvalue weighted by Crippen LogP contribution is 2.37. The van der Waals surface area contributed by atoms with Gasteiger partial charge in [0.05, 0.1) is 11.6 Å². The summed E-state index contributed by atoms with van der Waals surface area (Å²) >= 11 is 3.35. The average Bonchev–Trinajstić information content (AvgIpc) is 2.64. The lowest BCUT2D eigenvalue weighted by molar-refractivity contribution is -0.115. The molecule has 3 N–H and O–H groups in total. The molecule has 2 rings (SSSR count). The number of hydrogen-bond acceptors (Lipinski definition) is 5. The highest BCUT2D eigenvalue weighted by molar-refractivity contribution is 9.10. The molecular formula is C19H15BrFN3O4. The van der Waals surface area contributed by atoms with Gasteiger partial charge in [-0.2, -0.15) is 5.26 Å². The number of amides is 3. The molecule has 28 heavy (non-hydrogen) atoms. The summed E-state index contributed by atoms with van der Waals surface area (Å²) in [7, 11) is 1.43. The number of nitrogens with two attached hydrogens (primary N) is 1. The first kappa shape index (κ1) is 20.9. The van der Waals surface area contributed by atoms with E-state index in [0.29, 0.717) is 27.1 Å². The number of nitriles is 1. The lowest BCUT2D eigenvalue weighted by Gasteiger charge is -2.14. The van der Waals surface area contributed by atoms with Crippen molar-refractivity contribution in [1.29, 1.82) is 5.26 Å². The van der Waals surface area contributed by atoms with E-state index >= 15 is 0 Å². The number of ether oxygens (including phenoxy) is 2. The largest absolute Gasteiger partial charge is 0.493 e. The van der Waals surface area contributed by atoms with E-state index in [0.717, 1.165) is 0 Å². The molecule has 0 aliphatic rings. The maximum atomic E-state index is 13.3. The van der Waals surface area contributed by atoms with Gasteiger partial charge in [-0.15, -0.1) is 0 Å². The third-order valence-corrected chi connectivity index (χ3v) is 4.03. The van der Waals surface area contributed by atoms with Gasteiger partial charge in [0.15, 0.2) is 11.5 Å². The van der Waals surface area contributed by atoms with Gasteiger partial charge in [0.2, 0.25) is 0 Å². The van der Waals surface area contributed by atoms with Gasteiger partial charge >= 0.3 is 6.03 Å². The van der Waals surface area contributed by atoms with Crippen LogP contribution in [0.4, 0.5) is 9.18 Å². The molecule has 2 aromatic rings. The van der Waals surface area contributed by atoms with E-state index in [1.54, 1.807) is 30.3 Å². The highest BCUT2D eigenvalue weighted by Gasteiger charge is 2.15. The Morgan fingerprint density at radius 2 is 2.11 bits per heavy atom. The summed E-state index contributed by atoms with van der Waals surface area (Å²) in [6, 6.07) is 9.76. The standard InChI is InChI=1S/C19H15BrFN3O4/c1-27-16-8-12(5-13(9-22)18(25)24-19(23)26)7-15(20)17(16)28-10-11-3-2-4-14(21)6-11/h2-8H,10H2,1H3,(H3,23,24,25,26)/b13-5-. The second-order valence-electron chi connectivity index (χ2n) is 5.44. The quantitative estimate of drug-likeness (QED) is 0.520. The van der Waals surface area contributed by atoms with Crippen LogP contribution in [0.1, 0.15) is 11.1 Å². The summed E-state index contributed by atoms with van der Waals surface area (Å²) in [5, 5.41) is 10.9. The van der Waals surface area contributed by atoms with Gasteiger partial charge in [-0.05, 0) is 57.4 Å². The zero-order valence-electron chi connectivity index (χ0n) is 14.7. The van der Waals surface area contributed by atoms with Gasteiger partial charge < -0.3 is 15.2 Å². The molecule has 0 fully saturated rings. The third kappa shape index (κ3) is 5.56. The molecule has 0 spiro atoms. The Kier molecular flexibility index (Phi) is 7.12. The van der Waals surface area contributed by atoms with Crippen LogP contribution in [0.15, 0.2) is 46.4 Å². The van der Waals surface area contributed by atoms with Crippen molar-refractivity contribution < 1.29 is 23.5 Å². The SMILES string of the molecule is COc1cc(/C=C(/C#N)C(=O)NC(N)=O)cc(Br)c1OCc1cccc(F)c1. The van der Waals surface area contributed by atoms with Crippen LogP contribution in [0.3, 0.4) is 0 Å². The molecule has 7 nitrogen and oxygen atoms in total. The van der Waals surface area contributed by atoms with E-state index in [9.17, 15) is 14.0 Å². The van der Waals surface area contributed by atoms with Gasteiger partial charge in [-0.25, -0.2) is 9.18 Å². The van der Waals surface area contributed by atoms with Crippen molar-refractivity contribution in [2.75, 3.05) is 7.11 Å². The Bertz CT molecular complexity index is 986. The number of nitrogens with zero attached hydrogens (tertiary/aromatic N) is 1. The topological polar surface area (TPSA) is 114 Å². The predicted molar refractivity (Wildman–Crippen MR) is 103 cm³/mol. The van der Waals surface area contributed by atoms with Crippen LogP contribution in [0.5, 0.6) is 11.5 Å². The minimum absolute atomic E-state index is 0.104. The Labute approximate surface area is 168 Å². The number of benzene rings is 2. The molecule has 2 aromatic carbocycles. The molecule has 0 saturated heterocycles.